The van der Waals surface area contributed by atoms with Crippen LogP contribution in [0.2, 0.25) is 10.0 Å². The minimum Gasteiger partial charge on any atom is -0.495 e. The van der Waals surface area contributed by atoms with Crippen molar-refractivity contribution >= 4 is 52.6 Å². The van der Waals surface area contributed by atoms with Gasteiger partial charge in [0.05, 0.1) is 33.0 Å². The molecule has 1 saturated carbocycles. The van der Waals surface area contributed by atoms with Crippen molar-refractivity contribution in [3.8, 4) is 11.5 Å². The van der Waals surface area contributed by atoms with Gasteiger partial charge in [-0.2, -0.15) is 4.98 Å². The Labute approximate surface area is 234 Å². The van der Waals surface area contributed by atoms with E-state index in [1.54, 1.807) is 0 Å². The molecular formula is C25H28Cl2F2N6O4. The Balaban J connectivity index is 1.70. The highest BCUT2D eigenvalue weighted by Crippen LogP contribution is 2.48. The van der Waals surface area contributed by atoms with Crippen LogP contribution >= 0.6 is 23.2 Å². The van der Waals surface area contributed by atoms with Gasteiger partial charge in [0, 0.05) is 29.9 Å². The van der Waals surface area contributed by atoms with Crippen molar-refractivity contribution < 1.29 is 27.8 Å². The summed E-state index contributed by atoms with van der Waals surface area (Å²) in [5, 5.41) is 6.14. The van der Waals surface area contributed by atoms with E-state index in [1.807, 2.05) is 0 Å². The van der Waals surface area contributed by atoms with Crippen LogP contribution in [0.3, 0.4) is 0 Å². The number of nitrogens with zero attached hydrogens (tertiary/aromatic N) is 4. The molecule has 4 rings (SSSR count). The molecule has 1 fully saturated rings. The Morgan fingerprint density at radius 2 is 1.85 bits per heavy atom. The molecule has 1 aliphatic heterocycles. The number of carbonyl (C=O) groups is 2. The van der Waals surface area contributed by atoms with Gasteiger partial charge in [0.15, 0.2) is 0 Å². The molecule has 0 spiro atoms. The summed E-state index contributed by atoms with van der Waals surface area (Å²) in [5.74, 6) is 0.277. The first-order valence-corrected chi connectivity index (χ1v) is 13.0. The maximum Gasteiger partial charge on any atom is 0.330 e. The van der Waals surface area contributed by atoms with Crippen molar-refractivity contribution in [1.82, 2.24) is 15.3 Å². The van der Waals surface area contributed by atoms with Crippen molar-refractivity contribution in [2.45, 2.75) is 50.7 Å². The first-order valence-electron chi connectivity index (χ1n) is 12.2. The first kappa shape index (κ1) is 28.6. The zero-order chi connectivity index (χ0) is 28.3. The normalized spacial score (nSPS) is 19.0. The summed E-state index contributed by atoms with van der Waals surface area (Å²) in [6.45, 7) is 2.48. The van der Waals surface area contributed by atoms with Gasteiger partial charge in [-0.3, -0.25) is 14.6 Å². The summed E-state index contributed by atoms with van der Waals surface area (Å²) in [6.07, 6.45) is 3.18. The summed E-state index contributed by atoms with van der Waals surface area (Å²) in [4.78, 5) is 36.4. The molecule has 1 aliphatic carbocycles. The van der Waals surface area contributed by atoms with Gasteiger partial charge < -0.3 is 20.1 Å². The van der Waals surface area contributed by atoms with E-state index in [0.29, 0.717) is 5.56 Å². The minimum atomic E-state index is -2.85. The van der Waals surface area contributed by atoms with Gasteiger partial charge in [0.25, 0.3) is 6.43 Å². The number of nitrogens with one attached hydrogen (secondary N) is 2. The standard InChI is InChI=1S/C25H28Cl2F2N6O4/c1-4-19(36)31-14-7-5-6-8-15(14)32-24-30-10-13-11-34(25(37)35(12-18(28)29)23(13)33-24)22-20(26)16(38-2)9-17(39-3)21(22)27/h4,9-10,14-15,18H,1,5-8,11-12H2,2-3H3,(H,31,36)(H,30,32,33). The maximum absolute atomic E-state index is 13.7. The second-order valence-electron chi connectivity index (χ2n) is 9.03. The molecule has 0 radical (unpaired) electrons. The lowest BCUT2D eigenvalue weighted by atomic mass is 9.90. The zero-order valence-corrected chi connectivity index (χ0v) is 22.9. The number of hydrogen-bond donors (Lipinski definition) is 2. The van der Waals surface area contributed by atoms with Crippen molar-refractivity contribution in [2.75, 3.05) is 35.9 Å². The number of hydrogen-bond acceptors (Lipinski definition) is 7. The Bertz CT molecular complexity index is 1240. The van der Waals surface area contributed by atoms with Crippen LogP contribution < -0.4 is 29.9 Å². The van der Waals surface area contributed by atoms with Crippen molar-refractivity contribution in [3.63, 3.8) is 0 Å². The van der Waals surface area contributed by atoms with E-state index in [2.05, 4.69) is 27.2 Å². The van der Waals surface area contributed by atoms with Gasteiger partial charge in [-0.25, -0.2) is 18.6 Å². The van der Waals surface area contributed by atoms with E-state index in [0.717, 1.165) is 30.6 Å². The number of halogens is 4. The number of amides is 3. The molecule has 210 valence electrons. The van der Waals surface area contributed by atoms with E-state index in [-0.39, 0.29) is 63.5 Å². The lowest BCUT2D eigenvalue weighted by Crippen LogP contribution is -2.50. The molecule has 2 atom stereocenters. The number of methoxy groups -OCH3 is 2. The third-order valence-electron chi connectivity index (χ3n) is 6.62. The second kappa shape index (κ2) is 12.2. The third-order valence-corrected chi connectivity index (χ3v) is 7.35. The van der Waals surface area contributed by atoms with Crippen molar-refractivity contribution in [2.24, 2.45) is 0 Å². The molecule has 14 heteroatoms. The van der Waals surface area contributed by atoms with E-state index in [4.69, 9.17) is 32.7 Å². The van der Waals surface area contributed by atoms with Gasteiger partial charge in [0.1, 0.15) is 27.4 Å². The lowest BCUT2D eigenvalue weighted by Gasteiger charge is -2.37. The second-order valence-corrected chi connectivity index (χ2v) is 9.78. The van der Waals surface area contributed by atoms with Crippen LogP contribution in [0.5, 0.6) is 11.5 Å². The van der Waals surface area contributed by atoms with Crippen LogP contribution in [0.25, 0.3) is 0 Å². The largest absolute Gasteiger partial charge is 0.495 e. The smallest absolute Gasteiger partial charge is 0.330 e. The maximum atomic E-state index is 13.7. The summed E-state index contributed by atoms with van der Waals surface area (Å²) in [5.41, 5.74) is 0.449. The average Bonchev–Trinajstić information content (AvgIpc) is 2.92. The number of aromatic nitrogens is 2. The fourth-order valence-electron chi connectivity index (χ4n) is 4.76. The molecule has 1 aromatic carbocycles. The van der Waals surface area contributed by atoms with E-state index >= 15 is 0 Å². The molecule has 2 aromatic rings. The fraction of sp³-hybridized carbons (Fsp3) is 0.440. The van der Waals surface area contributed by atoms with Gasteiger partial charge in [-0.1, -0.05) is 42.6 Å². The van der Waals surface area contributed by atoms with E-state index < -0.39 is 19.0 Å². The first-order chi connectivity index (χ1) is 18.7. The summed E-state index contributed by atoms with van der Waals surface area (Å²) in [6, 6.07) is 0.276. The number of fused-ring (bicyclic) bond motifs is 1. The topological polar surface area (TPSA) is 109 Å². The Morgan fingerprint density at radius 3 is 2.44 bits per heavy atom. The Kier molecular flexibility index (Phi) is 8.96. The predicted octanol–water partition coefficient (Wildman–Crippen LogP) is 5.04. The number of anilines is 3. The minimum absolute atomic E-state index is 0.0150. The molecule has 3 amide bonds. The zero-order valence-electron chi connectivity index (χ0n) is 21.3. The van der Waals surface area contributed by atoms with Crippen LogP contribution in [-0.2, 0) is 11.3 Å². The molecular weight excluding hydrogens is 557 g/mol. The van der Waals surface area contributed by atoms with Gasteiger partial charge in [-0.05, 0) is 18.9 Å². The molecule has 2 heterocycles. The molecule has 0 bridgehead atoms. The van der Waals surface area contributed by atoms with Crippen molar-refractivity contribution in [3.05, 3.63) is 40.5 Å². The number of rotatable bonds is 9. The number of ether oxygens (including phenoxy) is 2. The fourth-order valence-corrected chi connectivity index (χ4v) is 5.46. The highest BCUT2D eigenvalue weighted by atomic mass is 35.5. The molecule has 2 unspecified atom stereocenters. The highest BCUT2D eigenvalue weighted by Gasteiger charge is 2.38. The van der Waals surface area contributed by atoms with Gasteiger partial charge in [0.2, 0.25) is 11.9 Å². The van der Waals surface area contributed by atoms with Crippen LogP contribution in [0.4, 0.5) is 31.0 Å². The SMILES string of the molecule is C=CC(=O)NC1CCCCC1Nc1ncc2c(n1)N(CC(F)F)C(=O)N(c1c(Cl)c(OC)cc(OC)c1Cl)C2. The Morgan fingerprint density at radius 1 is 1.21 bits per heavy atom. The average molecular weight is 585 g/mol. The summed E-state index contributed by atoms with van der Waals surface area (Å²) < 4.78 is 37.9. The Hall–Kier alpha value is -3.38. The summed E-state index contributed by atoms with van der Waals surface area (Å²) >= 11 is 13.0. The highest BCUT2D eigenvalue weighted by molar-refractivity contribution is 6.42. The molecule has 2 N–H and O–H groups in total. The van der Waals surface area contributed by atoms with Crippen LogP contribution in [0, 0.1) is 0 Å². The van der Waals surface area contributed by atoms with Crippen LogP contribution in [0.1, 0.15) is 31.2 Å². The number of benzene rings is 1. The predicted molar refractivity (Wildman–Crippen MR) is 145 cm³/mol. The molecule has 0 saturated heterocycles. The number of urea groups is 1. The van der Waals surface area contributed by atoms with E-state index in [9.17, 15) is 18.4 Å². The van der Waals surface area contributed by atoms with Crippen LogP contribution in [0.15, 0.2) is 24.9 Å². The molecule has 2 aliphatic rings. The molecule has 10 nitrogen and oxygen atoms in total. The van der Waals surface area contributed by atoms with Crippen molar-refractivity contribution in [1.29, 1.82) is 0 Å². The number of carbonyl (C=O) groups excluding carboxylic acids is 2. The van der Waals surface area contributed by atoms with Crippen LogP contribution in [-0.4, -0.2) is 61.2 Å². The van der Waals surface area contributed by atoms with Gasteiger partial charge in [-0.15, -0.1) is 0 Å². The monoisotopic (exact) mass is 584 g/mol. The summed E-state index contributed by atoms with van der Waals surface area (Å²) in [7, 11) is 2.77. The lowest BCUT2D eigenvalue weighted by molar-refractivity contribution is -0.117. The quantitative estimate of drug-likeness (QED) is 0.397. The van der Waals surface area contributed by atoms with Gasteiger partial charge >= 0.3 is 6.03 Å². The van der Waals surface area contributed by atoms with E-state index in [1.165, 1.54) is 37.5 Å². The third kappa shape index (κ3) is 5.96. The number of alkyl halides is 2. The molecule has 39 heavy (non-hydrogen) atoms. The molecule has 1 aromatic heterocycles.